The van der Waals surface area contributed by atoms with Gasteiger partial charge in [0.05, 0.1) is 23.8 Å². The first kappa shape index (κ1) is 16.7. The molecule has 0 atom stereocenters. The van der Waals surface area contributed by atoms with Gasteiger partial charge in [0, 0.05) is 0 Å². The quantitative estimate of drug-likeness (QED) is 0.720. The third-order valence-corrected chi connectivity index (χ3v) is 1.90. The number of nitrogens with two attached hydrogens (primary N) is 2. The van der Waals surface area contributed by atoms with E-state index in [2.05, 4.69) is 15.3 Å². The number of nitrogen functional groups attached to an aromatic ring is 2. The average Bonchev–Trinajstić information content (AvgIpc) is 2.48. The minimum atomic E-state index is 0.390. The maximum absolute atomic E-state index is 5.76. The van der Waals surface area contributed by atoms with Crippen molar-refractivity contribution in [2.24, 2.45) is 0 Å². The van der Waals surface area contributed by atoms with E-state index in [1.54, 1.807) is 6.20 Å². The standard InChI is InChI=1S/C10H11N5.2C2H6/c11-7-3-1-2-4-8(7)15-10-6-13-9(12)5-14-10;2*1-2/h1-6H,11H2,(H2,12,13)(H,14,15);2*1-2H3. The van der Waals surface area contributed by atoms with E-state index in [9.17, 15) is 0 Å². The van der Waals surface area contributed by atoms with Crippen molar-refractivity contribution in [1.82, 2.24) is 9.97 Å². The molecule has 5 heteroatoms. The molecule has 0 aliphatic carbocycles. The summed E-state index contributed by atoms with van der Waals surface area (Å²) in [5, 5.41) is 3.05. The molecule has 0 unspecified atom stereocenters. The summed E-state index contributed by atoms with van der Waals surface area (Å²) in [6.45, 7) is 8.00. The van der Waals surface area contributed by atoms with Crippen LogP contribution in [0.25, 0.3) is 0 Å². The Labute approximate surface area is 115 Å². The first-order chi connectivity index (χ1) is 9.25. The van der Waals surface area contributed by atoms with Crippen LogP contribution in [-0.2, 0) is 0 Å². The SMILES string of the molecule is CC.CC.Nc1cnc(Nc2ccccc2N)cn1. The van der Waals surface area contributed by atoms with Crippen molar-refractivity contribution in [3.8, 4) is 0 Å². The van der Waals surface area contributed by atoms with Gasteiger partial charge in [0.1, 0.15) is 11.6 Å². The van der Waals surface area contributed by atoms with E-state index in [-0.39, 0.29) is 0 Å². The van der Waals surface area contributed by atoms with Crippen LogP contribution in [0.15, 0.2) is 36.7 Å². The van der Waals surface area contributed by atoms with Gasteiger partial charge in [-0.15, -0.1) is 0 Å². The Balaban J connectivity index is 0.000000741. The highest BCUT2D eigenvalue weighted by Crippen LogP contribution is 2.20. The highest BCUT2D eigenvalue weighted by Gasteiger charge is 1.99. The molecule has 1 heterocycles. The number of hydrogen-bond donors (Lipinski definition) is 3. The van der Waals surface area contributed by atoms with Crippen LogP contribution >= 0.6 is 0 Å². The molecule has 0 aliphatic heterocycles. The summed E-state index contributed by atoms with van der Waals surface area (Å²) in [5.41, 5.74) is 12.7. The molecule has 5 N–H and O–H groups in total. The van der Waals surface area contributed by atoms with Crippen molar-refractivity contribution in [1.29, 1.82) is 0 Å². The number of nitrogens with zero attached hydrogens (tertiary/aromatic N) is 2. The van der Waals surface area contributed by atoms with Crippen molar-refractivity contribution in [2.45, 2.75) is 27.7 Å². The fraction of sp³-hybridized carbons (Fsp3) is 0.286. The summed E-state index contributed by atoms with van der Waals surface area (Å²) in [4.78, 5) is 7.98. The number of rotatable bonds is 2. The summed E-state index contributed by atoms with van der Waals surface area (Å²) in [7, 11) is 0. The summed E-state index contributed by atoms with van der Waals surface area (Å²) < 4.78 is 0. The third kappa shape index (κ3) is 5.72. The number of para-hydroxylation sites is 2. The lowest BCUT2D eigenvalue weighted by atomic mass is 10.3. The van der Waals surface area contributed by atoms with Gasteiger partial charge in [0.2, 0.25) is 0 Å². The summed E-state index contributed by atoms with van der Waals surface area (Å²) in [6.07, 6.45) is 3.04. The molecule has 19 heavy (non-hydrogen) atoms. The molecule has 0 amide bonds. The fourth-order valence-electron chi connectivity index (χ4n) is 1.15. The van der Waals surface area contributed by atoms with Gasteiger partial charge >= 0.3 is 0 Å². The molecule has 0 aliphatic rings. The molecule has 2 rings (SSSR count). The minimum absolute atomic E-state index is 0.390. The lowest BCUT2D eigenvalue weighted by Gasteiger charge is -2.07. The van der Waals surface area contributed by atoms with Crippen LogP contribution in [-0.4, -0.2) is 9.97 Å². The number of benzene rings is 1. The molecule has 5 nitrogen and oxygen atoms in total. The first-order valence-corrected chi connectivity index (χ1v) is 6.45. The molecule has 0 saturated carbocycles. The lowest BCUT2D eigenvalue weighted by molar-refractivity contribution is 1.21. The Morgan fingerprint density at radius 3 is 2.05 bits per heavy atom. The van der Waals surface area contributed by atoms with E-state index in [1.165, 1.54) is 6.20 Å². The zero-order valence-corrected chi connectivity index (χ0v) is 12.0. The van der Waals surface area contributed by atoms with Gasteiger partial charge in [-0.2, -0.15) is 0 Å². The highest BCUT2D eigenvalue weighted by atomic mass is 15.0. The number of nitrogens with one attached hydrogen (secondary N) is 1. The van der Waals surface area contributed by atoms with E-state index < -0.39 is 0 Å². The maximum atomic E-state index is 5.76. The van der Waals surface area contributed by atoms with Gasteiger partial charge < -0.3 is 16.8 Å². The molecule has 2 aromatic rings. The largest absolute Gasteiger partial charge is 0.397 e. The Hall–Kier alpha value is -2.30. The van der Waals surface area contributed by atoms with Crippen LogP contribution < -0.4 is 16.8 Å². The molecule has 0 bridgehead atoms. The molecule has 0 saturated heterocycles. The van der Waals surface area contributed by atoms with E-state index >= 15 is 0 Å². The molecule has 104 valence electrons. The van der Waals surface area contributed by atoms with Crippen LogP contribution in [0.5, 0.6) is 0 Å². The van der Waals surface area contributed by atoms with Crippen LogP contribution in [0.1, 0.15) is 27.7 Å². The van der Waals surface area contributed by atoms with Crippen LogP contribution in [0.3, 0.4) is 0 Å². The molecular formula is C14H23N5. The summed E-state index contributed by atoms with van der Waals surface area (Å²) in [6, 6.07) is 7.44. The Bertz CT molecular complexity index is 454. The molecule has 0 spiro atoms. The van der Waals surface area contributed by atoms with Gasteiger partial charge in [0.15, 0.2) is 0 Å². The van der Waals surface area contributed by atoms with Crippen molar-refractivity contribution >= 4 is 23.0 Å². The lowest BCUT2D eigenvalue weighted by Crippen LogP contribution is -1.99. The summed E-state index contributed by atoms with van der Waals surface area (Å²) >= 11 is 0. The van der Waals surface area contributed by atoms with Crippen molar-refractivity contribution < 1.29 is 0 Å². The van der Waals surface area contributed by atoms with Gasteiger partial charge in [-0.05, 0) is 12.1 Å². The highest BCUT2D eigenvalue weighted by molar-refractivity contribution is 5.70. The third-order valence-electron chi connectivity index (χ3n) is 1.90. The first-order valence-electron chi connectivity index (χ1n) is 6.45. The van der Waals surface area contributed by atoms with Gasteiger partial charge in [0.25, 0.3) is 0 Å². The normalized spacial score (nSPS) is 8.42. The Morgan fingerprint density at radius 2 is 1.53 bits per heavy atom. The summed E-state index contributed by atoms with van der Waals surface area (Å²) in [5.74, 6) is 1.00. The second kappa shape index (κ2) is 9.70. The second-order valence-electron chi connectivity index (χ2n) is 3.04. The second-order valence-corrected chi connectivity index (χ2v) is 3.04. The molecular weight excluding hydrogens is 238 g/mol. The number of anilines is 4. The van der Waals surface area contributed by atoms with Crippen molar-refractivity contribution in [3.63, 3.8) is 0 Å². The van der Waals surface area contributed by atoms with Crippen molar-refractivity contribution in [3.05, 3.63) is 36.7 Å². The van der Waals surface area contributed by atoms with Gasteiger partial charge in [-0.25, -0.2) is 9.97 Å². The molecule has 0 fully saturated rings. The van der Waals surface area contributed by atoms with Crippen LogP contribution in [0.4, 0.5) is 23.0 Å². The minimum Gasteiger partial charge on any atom is -0.397 e. The predicted molar refractivity (Wildman–Crippen MR) is 83.3 cm³/mol. The molecule has 1 aromatic heterocycles. The topological polar surface area (TPSA) is 89.8 Å². The monoisotopic (exact) mass is 261 g/mol. The number of hydrogen-bond acceptors (Lipinski definition) is 5. The van der Waals surface area contributed by atoms with Crippen LogP contribution in [0.2, 0.25) is 0 Å². The average molecular weight is 261 g/mol. The Kier molecular flexibility index (Phi) is 8.53. The molecule has 1 aromatic carbocycles. The van der Waals surface area contributed by atoms with E-state index in [4.69, 9.17) is 11.5 Å². The zero-order chi connectivity index (χ0) is 14.7. The van der Waals surface area contributed by atoms with E-state index in [0.29, 0.717) is 17.3 Å². The smallest absolute Gasteiger partial charge is 0.149 e. The molecule has 0 radical (unpaired) electrons. The van der Waals surface area contributed by atoms with Crippen molar-refractivity contribution in [2.75, 3.05) is 16.8 Å². The Morgan fingerprint density at radius 1 is 0.895 bits per heavy atom. The van der Waals surface area contributed by atoms with Crippen LogP contribution in [0, 0.1) is 0 Å². The maximum Gasteiger partial charge on any atom is 0.149 e. The number of aromatic nitrogens is 2. The van der Waals surface area contributed by atoms with Gasteiger partial charge in [-0.3, -0.25) is 0 Å². The predicted octanol–water partition coefficient (Wildman–Crippen LogP) is 3.44. The fourth-order valence-corrected chi connectivity index (χ4v) is 1.15. The van der Waals surface area contributed by atoms with E-state index in [1.807, 2.05) is 52.0 Å². The van der Waals surface area contributed by atoms with E-state index in [0.717, 1.165) is 5.69 Å². The zero-order valence-electron chi connectivity index (χ0n) is 12.0. The van der Waals surface area contributed by atoms with Gasteiger partial charge in [-0.1, -0.05) is 39.8 Å².